The van der Waals surface area contributed by atoms with Crippen LogP contribution in [0.2, 0.25) is 0 Å². The summed E-state index contributed by atoms with van der Waals surface area (Å²) < 4.78 is 0. The van der Waals surface area contributed by atoms with E-state index in [1.165, 1.54) is 4.80 Å². The van der Waals surface area contributed by atoms with Gasteiger partial charge >= 0.3 is 0 Å². The van der Waals surface area contributed by atoms with Crippen LogP contribution < -0.4 is 0 Å². The molecule has 0 aliphatic carbocycles. The highest BCUT2D eigenvalue weighted by Gasteiger charge is 2.05. The number of carbonyl (C=O) groups is 1. The first kappa shape index (κ1) is 10.5. The maximum atomic E-state index is 10.8. The number of ketones is 1. The SMILES string of the molecule is CC(=O)CCn1nnc(-c2ccccc2)n1. The Hall–Kier alpha value is -2.04. The Morgan fingerprint density at radius 3 is 2.75 bits per heavy atom. The number of carbonyl (C=O) groups excluding carboxylic acids is 1. The number of nitrogens with zero attached hydrogens (tertiary/aromatic N) is 4. The molecule has 1 heterocycles. The maximum Gasteiger partial charge on any atom is 0.204 e. The molecule has 1 aromatic heterocycles. The van der Waals surface area contributed by atoms with Gasteiger partial charge in [0.25, 0.3) is 0 Å². The van der Waals surface area contributed by atoms with Crippen molar-refractivity contribution in [2.75, 3.05) is 0 Å². The van der Waals surface area contributed by atoms with Crippen molar-refractivity contribution in [2.45, 2.75) is 19.9 Å². The molecule has 82 valence electrons. The van der Waals surface area contributed by atoms with E-state index in [-0.39, 0.29) is 5.78 Å². The minimum absolute atomic E-state index is 0.124. The largest absolute Gasteiger partial charge is 0.300 e. The van der Waals surface area contributed by atoms with Gasteiger partial charge in [-0.05, 0) is 12.1 Å². The Kier molecular flexibility index (Phi) is 3.05. The molecule has 2 rings (SSSR count). The monoisotopic (exact) mass is 216 g/mol. The minimum atomic E-state index is 0.124. The van der Waals surface area contributed by atoms with Gasteiger partial charge in [-0.1, -0.05) is 30.3 Å². The van der Waals surface area contributed by atoms with Crippen molar-refractivity contribution in [3.8, 4) is 11.4 Å². The van der Waals surface area contributed by atoms with Crippen molar-refractivity contribution >= 4 is 5.78 Å². The Bertz CT molecular complexity index is 478. The summed E-state index contributed by atoms with van der Waals surface area (Å²) in [6, 6.07) is 9.62. The van der Waals surface area contributed by atoms with E-state index in [0.717, 1.165) is 5.56 Å². The van der Waals surface area contributed by atoms with Crippen LogP contribution in [0.1, 0.15) is 13.3 Å². The second-order valence-electron chi connectivity index (χ2n) is 3.53. The lowest BCUT2D eigenvalue weighted by Gasteiger charge is -1.94. The van der Waals surface area contributed by atoms with Crippen molar-refractivity contribution in [3.05, 3.63) is 30.3 Å². The molecule has 1 aromatic carbocycles. The number of hydrogen-bond donors (Lipinski definition) is 0. The molecular formula is C11H12N4O. The van der Waals surface area contributed by atoms with Crippen LogP contribution in [0.4, 0.5) is 0 Å². The summed E-state index contributed by atoms with van der Waals surface area (Å²) in [6.07, 6.45) is 0.435. The smallest absolute Gasteiger partial charge is 0.204 e. The predicted molar refractivity (Wildman–Crippen MR) is 58.6 cm³/mol. The summed E-state index contributed by atoms with van der Waals surface area (Å²) in [5, 5.41) is 12.0. The van der Waals surface area contributed by atoms with Crippen LogP contribution in [0.15, 0.2) is 30.3 Å². The molecule has 5 nitrogen and oxygen atoms in total. The number of benzene rings is 1. The van der Waals surface area contributed by atoms with Crippen molar-refractivity contribution in [1.29, 1.82) is 0 Å². The first-order valence-corrected chi connectivity index (χ1v) is 5.08. The highest BCUT2D eigenvalue weighted by molar-refractivity contribution is 5.75. The van der Waals surface area contributed by atoms with Crippen molar-refractivity contribution in [2.24, 2.45) is 0 Å². The van der Waals surface area contributed by atoms with Gasteiger partial charge in [-0.3, -0.25) is 4.79 Å². The molecule has 0 unspecified atom stereocenters. The Balaban J connectivity index is 2.11. The molecule has 0 radical (unpaired) electrons. The minimum Gasteiger partial charge on any atom is -0.300 e. The number of aryl methyl sites for hydroxylation is 1. The van der Waals surface area contributed by atoms with E-state index in [2.05, 4.69) is 15.4 Å². The van der Waals surface area contributed by atoms with Gasteiger partial charge in [0.15, 0.2) is 0 Å². The normalized spacial score (nSPS) is 10.3. The van der Waals surface area contributed by atoms with E-state index >= 15 is 0 Å². The number of aromatic nitrogens is 4. The predicted octanol–water partition coefficient (Wildman–Crippen LogP) is 1.32. The van der Waals surface area contributed by atoms with Crippen molar-refractivity contribution in [3.63, 3.8) is 0 Å². The van der Waals surface area contributed by atoms with E-state index in [1.807, 2.05) is 30.3 Å². The zero-order valence-electron chi connectivity index (χ0n) is 9.00. The molecule has 0 N–H and O–H groups in total. The second-order valence-corrected chi connectivity index (χ2v) is 3.53. The average molecular weight is 216 g/mol. The first-order valence-electron chi connectivity index (χ1n) is 5.08. The highest BCUT2D eigenvalue weighted by Crippen LogP contribution is 2.11. The second kappa shape index (κ2) is 4.65. The third kappa shape index (κ3) is 2.50. The van der Waals surface area contributed by atoms with Crippen LogP contribution in [-0.4, -0.2) is 26.0 Å². The molecule has 0 atom stereocenters. The van der Waals surface area contributed by atoms with Gasteiger partial charge in [0.2, 0.25) is 5.82 Å². The Morgan fingerprint density at radius 2 is 2.06 bits per heavy atom. The lowest BCUT2D eigenvalue weighted by Crippen LogP contribution is -2.06. The average Bonchev–Trinajstić information content (AvgIpc) is 2.76. The number of Topliss-reactive ketones (excluding diaryl/α,β-unsaturated/α-hetero) is 1. The van der Waals surface area contributed by atoms with Crippen molar-refractivity contribution in [1.82, 2.24) is 20.2 Å². The highest BCUT2D eigenvalue weighted by atomic mass is 16.1. The lowest BCUT2D eigenvalue weighted by atomic mass is 10.2. The van der Waals surface area contributed by atoms with Gasteiger partial charge in [0.05, 0.1) is 6.54 Å². The Morgan fingerprint density at radius 1 is 1.31 bits per heavy atom. The van der Waals surface area contributed by atoms with E-state index in [0.29, 0.717) is 18.8 Å². The maximum absolute atomic E-state index is 10.8. The molecule has 0 spiro atoms. The molecule has 0 saturated carbocycles. The fraction of sp³-hybridized carbons (Fsp3) is 0.273. The summed E-state index contributed by atoms with van der Waals surface area (Å²) >= 11 is 0. The molecule has 5 heteroatoms. The van der Waals surface area contributed by atoms with E-state index in [1.54, 1.807) is 6.92 Å². The first-order chi connectivity index (χ1) is 7.75. The van der Waals surface area contributed by atoms with Gasteiger partial charge in [0.1, 0.15) is 5.78 Å². The molecule has 2 aromatic rings. The molecule has 16 heavy (non-hydrogen) atoms. The Labute approximate surface area is 93.1 Å². The summed E-state index contributed by atoms with van der Waals surface area (Å²) in [4.78, 5) is 12.3. The van der Waals surface area contributed by atoms with E-state index < -0.39 is 0 Å². The molecule has 0 saturated heterocycles. The zero-order valence-corrected chi connectivity index (χ0v) is 9.00. The van der Waals surface area contributed by atoms with Crippen LogP contribution >= 0.6 is 0 Å². The van der Waals surface area contributed by atoms with Crippen molar-refractivity contribution < 1.29 is 4.79 Å². The molecule has 0 aliphatic rings. The molecular weight excluding hydrogens is 204 g/mol. The summed E-state index contributed by atoms with van der Waals surface area (Å²) in [7, 11) is 0. The van der Waals surface area contributed by atoms with Gasteiger partial charge < -0.3 is 0 Å². The van der Waals surface area contributed by atoms with Gasteiger partial charge in [-0.2, -0.15) is 4.80 Å². The third-order valence-electron chi connectivity index (χ3n) is 2.15. The van der Waals surface area contributed by atoms with Crippen LogP contribution in [0.3, 0.4) is 0 Å². The fourth-order valence-corrected chi connectivity index (χ4v) is 1.30. The number of hydrogen-bond acceptors (Lipinski definition) is 4. The molecule has 0 amide bonds. The quantitative estimate of drug-likeness (QED) is 0.773. The van der Waals surface area contributed by atoms with Crippen LogP contribution in [-0.2, 0) is 11.3 Å². The van der Waals surface area contributed by atoms with Crippen LogP contribution in [0, 0.1) is 0 Å². The molecule has 0 fully saturated rings. The number of tetrazole rings is 1. The summed E-state index contributed by atoms with van der Waals surface area (Å²) in [6.45, 7) is 2.03. The summed E-state index contributed by atoms with van der Waals surface area (Å²) in [5.74, 6) is 0.711. The summed E-state index contributed by atoms with van der Waals surface area (Å²) in [5.41, 5.74) is 0.927. The standard InChI is InChI=1S/C11H12N4O/c1-9(16)7-8-15-13-11(12-14-15)10-5-3-2-4-6-10/h2-6H,7-8H2,1H3. The fourth-order valence-electron chi connectivity index (χ4n) is 1.30. The van der Waals surface area contributed by atoms with Crippen LogP contribution in [0.5, 0.6) is 0 Å². The molecule has 0 aliphatic heterocycles. The topological polar surface area (TPSA) is 60.7 Å². The van der Waals surface area contributed by atoms with Gasteiger partial charge in [-0.15, -0.1) is 10.2 Å². The van der Waals surface area contributed by atoms with E-state index in [9.17, 15) is 4.79 Å². The van der Waals surface area contributed by atoms with Crippen LogP contribution in [0.25, 0.3) is 11.4 Å². The lowest BCUT2D eigenvalue weighted by molar-refractivity contribution is -0.117. The third-order valence-corrected chi connectivity index (χ3v) is 2.15. The van der Waals surface area contributed by atoms with Gasteiger partial charge in [0, 0.05) is 12.0 Å². The van der Waals surface area contributed by atoms with Gasteiger partial charge in [-0.25, -0.2) is 0 Å². The zero-order chi connectivity index (χ0) is 11.4. The number of rotatable bonds is 4. The molecule has 0 bridgehead atoms. The van der Waals surface area contributed by atoms with E-state index in [4.69, 9.17) is 0 Å².